The molecule has 0 aliphatic carbocycles. The molecule has 0 saturated carbocycles. The average molecular weight is 273 g/mol. The first kappa shape index (κ1) is 13.0. The number of ether oxygens (including phenoxy) is 1. The van der Waals surface area contributed by atoms with Gasteiger partial charge in [-0.15, -0.1) is 0 Å². The minimum atomic E-state index is 0.161. The summed E-state index contributed by atoms with van der Waals surface area (Å²) in [6, 6.07) is 5.99. The Morgan fingerprint density at radius 3 is 3.00 bits per heavy atom. The Balaban J connectivity index is 2.23. The van der Waals surface area contributed by atoms with Crippen LogP contribution in [0.3, 0.4) is 0 Å². The normalized spacial score (nSPS) is 21.5. The standard InChI is InChI=1S/C12H17ClN2OS/c1-16-10-7-8(4-5-9(10)13)12(15-14)11-3-2-6-17-11/h4-5,7,11-12,15H,2-3,6,14H2,1H3. The lowest BCUT2D eigenvalue weighted by atomic mass is 10.0. The second kappa shape index (κ2) is 5.96. The number of benzene rings is 1. The third kappa shape index (κ3) is 2.88. The Kier molecular flexibility index (Phi) is 4.56. The van der Waals surface area contributed by atoms with E-state index in [0.717, 1.165) is 5.56 Å². The number of rotatable bonds is 4. The van der Waals surface area contributed by atoms with Crippen molar-refractivity contribution in [2.75, 3.05) is 12.9 Å². The van der Waals surface area contributed by atoms with Gasteiger partial charge in [0.1, 0.15) is 5.75 Å². The highest BCUT2D eigenvalue weighted by Crippen LogP contribution is 2.37. The second-order valence-electron chi connectivity index (χ2n) is 4.09. The Hall–Kier alpha value is -0.420. The molecule has 2 rings (SSSR count). The molecule has 17 heavy (non-hydrogen) atoms. The second-order valence-corrected chi connectivity index (χ2v) is 5.84. The Labute approximate surface area is 111 Å². The van der Waals surface area contributed by atoms with Crippen molar-refractivity contribution >= 4 is 23.4 Å². The van der Waals surface area contributed by atoms with E-state index < -0.39 is 0 Å². The molecule has 1 aliphatic rings. The number of methoxy groups -OCH3 is 1. The van der Waals surface area contributed by atoms with Crippen LogP contribution in [0.5, 0.6) is 5.75 Å². The fraction of sp³-hybridized carbons (Fsp3) is 0.500. The average Bonchev–Trinajstić information content (AvgIpc) is 2.86. The number of hydrogen-bond acceptors (Lipinski definition) is 4. The molecule has 5 heteroatoms. The Morgan fingerprint density at radius 2 is 2.41 bits per heavy atom. The molecule has 2 unspecified atom stereocenters. The number of hydrogen-bond donors (Lipinski definition) is 2. The van der Waals surface area contributed by atoms with E-state index in [1.165, 1.54) is 18.6 Å². The molecule has 3 N–H and O–H groups in total. The van der Waals surface area contributed by atoms with Crippen LogP contribution in [0, 0.1) is 0 Å². The van der Waals surface area contributed by atoms with Gasteiger partial charge in [0.05, 0.1) is 18.2 Å². The van der Waals surface area contributed by atoms with Gasteiger partial charge in [-0.2, -0.15) is 11.8 Å². The summed E-state index contributed by atoms with van der Waals surface area (Å²) >= 11 is 7.99. The summed E-state index contributed by atoms with van der Waals surface area (Å²) in [4.78, 5) is 0. The van der Waals surface area contributed by atoms with E-state index in [9.17, 15) is 0 Å². The SMILES string of the molecule is COc1cc(C(NN)C2CCCS2)ccc1Cl. The van der Waals surface area contributed by atoms with Crippen LogP contribution in [0.15, 0.2) is 18.2 Å². The van der Waals surface area contributed by atoms with Gasteiger partial charge in [0.2, 0.25) is 0 Å². The van der Waals surface area contributed by atoms with Crippen molar-refractivity contribution < 1.29 is 4.74 Å². The van der Waals surface area contributed by atoms with Crippen LogP contribution in [-0.4, -0.2) is 18.1 Å². The molecular formula is C12H17ClN2OS. The summed E-state index contributed by atoms with van der Waals surface area (Å²) in [6.07, 6.45) is 2.46. The van der Waals surface area contributed by atoms with E-state index in [-0.39, 0.29) is 6.04 Å². The Morgan fingerprint density at radius 1 is 1.59 bits per heavy atom. The van der Waals surface area contributed by atoms with Crippen LogP contribution >= 0.6 is 23.4 Å². The van der Waals surface area contributed by atoms with Crippen LogP contribution in [0.2, 0.25) is 5.02 Å². The van der Waals surface area contributed by atoms with Crippen molar-refractivity contribution in [3.8, 4) is 5.75 Å². The summed E-state index contributed by atoms with van der Waals surface area (Å²) in [5.41, 5.74) is 4.04. The van der Waals surface area contributed by atoms with Crippen LogP contribution in [0.4, 0.5) is 0 Å². The first-order valence-corrected chi connectivity index (χ1v) is 7.10. The zero-order valence-electron chi connectivity index (χ0n) is 9.78. The molecule has 0 aromatic heterocycles. The van der Waals surface area contributed by atoms with E-state index >= 15 is 0 Å². The van der Waals surface area contributed by atoms with Crippen LogP contribution in [0.1, 0.15) is 24.4 Å². The lowest BCUT2D eigenvalue weighted by Gasteiger charge is -2.23. The number of halogens is 1. The summed E-state index contributed by atoms with van der Waals surface area (Å²) in [6.45, 7) is 0. The molecule has 0 radical (unpaired) electrons. The molecular weight excluding hydrogens is 256 g/mol. The highest BCUT2D eigenvalue weighted by molar-refractivity contribution is 8.00. The summed E-state index contributed by atoms with van der Waals surface area (Å²) in [5.74, 6) is 7.59. The van der Waals surface area contributed by atoms with Gasteiger partial charge in [-0.05, 0) is 36.3 Å². The van der Waals surface area contributed by atoms with Gasteiger partial charge in [-0.25, -0.2) is 0 Å². The molecule has 0 spiro atoms. The first-order valence-electron chi connectivity index (χ1n) is 5.67. The molecule has 1 aliphatic heterocycles. The first-order chi connectivity index (χ1) is 8.26. The molecule has 1 heterocycles. The third-order valence-electron chi connectivity index (χ3n) is 3.05. The lowest BCUT2D eigenvalue weighted by molar-refractivity contribution is 0.413. The molecule has 3 nitrogen and oxygen atoms in total. The maximum atomic E-state index is 6.02. The van der Waals surface area contributed by atoms with Gasteiger partial charge in [0.25, 0.3) is 0 Å². The van der Waals surface area contributed by atoms with Crippen LogP contribution in [0.25, 0.3) is 0 Å². The third-order valence-corrected chi connectivity index (χ3v) is 4.82. The van der Waals surface area contributed by atoms with Gasteiger partial charge in [0.15, 0.2) is 0 Å². The van der Waals surface area contributed by atoms with E-state index in [4.69, 9.17) is 22.2 Å². The fourth-order valence-electron chi connectivity index (χ4n) is 2.15. The summed E-state index contributed by atoms with van der Waals surface area (Å²) in [5, 5.41) is 1.16. The fourth-order valence-corrected chi connectivity index (χ4v) is 3.75. The van der Waals surface area contributed by atoms with Crippen molar-refractivity contribution in [2.45, 2.75) is 24.1 Å². The number of nitrogens with one attached hydrogen (secondary N) is 1. The molecule has 1 aromatic rings. The zero-order valence-corrected chi connectivity index (χ0v) is 11.4. The van der Waals surface area contributed by atoms with Gasteiger partial charge in [-0.3, -0.25) is 11.3 Å². The van der Waals surface area contributed by atoms with Crippen molar-refractivity contribution in [3.05, 3.63) is 28.8 Å². The number of hydrazine groups is 1. The maximum absolute atomic E-state index is 6.02. The Bertz CT molecular complexity index is 383. The van der Waals surface area contributed by atoms with Crippen molar-refractivity contribution in [3.63, 3.8) is 0 Å². The monoisotopic (exact) mass is 272 g/mol. The summed E-state index contributed by atoms with van der Waals surface area (Å²) < 4.78 is 5.24. The molecule has 1 aromatic carbocycles. The van der Waals surface area contributed by atoms with E-state index in [1.54, 1.807) is 7.11 Å². The highest BCUT2D eigenvalue weighted by Gasteiger charge is 2.26. The van der Waals surface area contributed by atoms with E-state index in [1.807, 2.05) is 30.0 Å². The van der Waals surface area contributed by atoms with E-state index in [0.29, 0.717) is 16.0 Å². The smallest absolute Gasteiger partial charge is 0.137 e. The van der Waals surface area contributed by atoms with Crippen LogP contribution in [-0.2, 0) is 0 Å². The molecule has 0 amide bonds. The van der Waals surface area contributed by atoms with E-state index in [2.05, 4.69) is 5.43 Å². The minimum absolute atomic E-state index is 0.161. The number of thioether (sulfide) groups is 1. The molecule has 2 atom stereocenters. The van der Waals surface area contributed by atoms with Gasteiger partial charge < -0.3 is 4.74 Å². The highest BCUT2D eigenvalue weighted by atomic mass is 35.5. The predicted molar refractivity (Wildman–Crippen MR) is 73.5 cm³/mol. The van der Waals surface area contributed by atoms with Gasteiger partial charge >= 0.3 is 0 Å². The minimum Gasteiger partial charge on any atom is -0.495 e. The van der Waals surface area contributed by atoms with Crippen LogP contribution < -0.4 is 16.0 Å². The molecule has 1 fully saturated rings. The quantitative estimate of drug-likeness (QED) is 0.654. The van der Waals surface area contributed by atoms with Crippen molar-refractivity contribution in [1.29, 1.82) is 0 Å². The van der Waals surface area contributed by atoms with Crippen molar-refractivity contribution in [2.24, 2.45) is 5.84 Å². The topological polar surface area (TPSA) is 47.3 Å². The van der Waals surface area contributed by atoms with Crippen molar-refractivity contribution in [1.82, 2.24) is 5.43 Å². The maximum Gasteiger partial charge on any atom is 0.137 e. The largest absolute Gasteiger partial charge is 0.495 e. The molecule has 94 valence electrons. The summed E-state index contributed by atoms with van der Waals surface area (Å²) in [7, 11) is 1.63. The number of nitrogens with two attached hydrogens (primary N) is 1. The zero-order chi connectivity index (χ0) is 12.3. The van der Waals surface area contributed by atoms with Gasteiger partial charge in [0, 0.05) is 5.25 Å². The van der Waals surface area contributed by atoms with Gasteiger partial charge in [-0.1, -0.05) is 17.7 Å². The molecule has 0 bridgehead atoms. The predicted octanol–water partition coefficient (Wildman–Crippen LogP) is 2.75. The lowest BCUT2D eigenvalue weighted by Crippen LogP contribution is -2.34. The molecule has 1 saturated heterocycles.